The van der Waals surface area contributed by atoms with Gasteiger partial charge in [0.1, 0.15) is 6.54 Å². The Balaban J connectivity index is 1.75. The third-order valence-corrected chi connectivity index (χ3v) is 2.28. The molecule has 0 bridgehead atoms. The van der Waals surface area contributed by atoms with Crippen LogP contribution >= 0.6 is 0 Å². The molecular formula is C8H10N6O. The van der Waals surface area contributed by atoms with Crippen LogP contribution in [0.3, 0.4) is 0 Å². The Bertz CT molecular complexity index is 471. The maximum Gasteiger partial charge on any atom is 0.248 e. The molecule has 0 saturated heterocycles. The van der Waals surface area contributed by atoms with Crippen LogP contribution in [-0.2, 0) is 6.54 Å². The summed E-state index contributed by atoms with van der Waals surface area (Å²) in [6.07, 6.45) is 3.95. The normalized spacial score (nSPS) is 15.7. The molecule has 0 amide bonds. The molecule has 0 radical (unpaired) electrons. The minimum Gasteiger partial charge on any atom is -0.381 e. The van der Waals surface area contributed by atoms with Crippen LogP contribution in [0.15, 0.2) is 10.7 Å². The van der Waals surface area contributed by atoms with E-state index < -0.39 is 0 Å². The van der Waals surface area contributed by atoms with Crippen molar-refractivity contribution in [3.8, 4) is 0 Å². The molecular weight excluding hydrogens is 196 g/mol. The number of hydrogen-bond donors (Lipinski definition) is 1. The Kier molecular flexibility index (Phi) is 1.70. The van der Waals surface area contributed by atoms with Crippen molar-refractivity contribution in [2.24, 2.45) is 0 Å². The van der Waals surface area contributed by atoms with Gasteiger partial charge in [-0.2, -0.15) is 4.98 Å². The van der Waals surface area contributed by atoms with E-state index in [1.165, 1.54) is 0 Å². The van der Waals surface area contributed by atoms with Crippen LogP contribution in [0.1, 0.15) is 30.5 Å². The van der Waals surface area contributed by atoms with Crippen molar-refractivity contribution in [1.29, 1.82) is 0 Å². The lowest BCUT2D eigenvalue weighted by molar-refractivity contribution is 0.360. The first-order chi connectivity index (χ1) is 7.31. The smallest absolute Gasteiger partial charge is 0.248 e. The second kappa shape index (κ2) is 3.04. The van der Waals surface area contributed by atoms with Crippen LogP contribution in [0.4, 0.5) is 5.82 Å². The highest BCUT2D eigenvalue weighted by Crippen LogP contribution is 2.38. The average molecular weight is 206 g/mol. The van der Waals surface area contributed by atoms with Gasteiger partial charge in [0.15, 0.2) is 11.6 Å². The molecule has 2 aromatic rings. The van der Waals surface area contributed by atoms with Crippen LogP contribution in [0.2, 0.25) is 0 Å². The first-order valence-electron chi connectivity index (χ1n) is 4.79. The number of rotatable bonds is 3. The number of nitrogens with two attached hydrogens (primary N) is 1. The largest absolute Gasteiger partial charge is 0.381 e. The number of nitrogen functional groups attached to an aromatic ring is 1. The van der Waals surface area contributed by atoms with E-state index in [1.807, 2.05) is 0 Å². The summed E-state index contributed by atoms with van der Waals surface area (Å²) >= 11 is 0. The highest BCUT2D eigenvalue weighted by Gasteiger charge is 2.28. The van der Waals surface area contributed by atoms with Crippen LogP contribution < -0.4 is 5.73 Å². The molecule has 2 heterocycles. The number of anilines is 1. The number of hydrogen-bond acceptors (Lipinski definition) is 6. The van der Waals surface area contributed by atoms with Crippen molar-refractivity contribution >= 4 is 5.82 Å². The molecule has 1 aliphatic rings. The fourth-order valence-electron chi connectivity index (χ4n) is 1.37. The molecule has 3 rings (SSSR count). The van der Waals surface area contributed by atoms with E-state index >= 15 is 0 Å². The number of nitrogens with zero attached hydrogens (tertiary/aromatic N) is 5. The molecule has 2 N–H and O–H groups in total. The lowest BCUT2D eigenvalue weighted by atomic mass is 10.4. The zero-order valence-corrected chi connectivity index (χ0v) is 8.00. The highest BCUT2D eigenvalue weighted by atomic mass is 16.5. The van der Waals surface area contributed by atoms with Crippen LogP contribution in [0, 0.1) is 0 Å². The van der Waals surface area contributed by atoms with Gasteiger partial charge in [-0.1, -0.05) is 10.4 Å². The predicted molar refractivity (Wildman–Crippen MR) is 49.8 cm³/mol. The summed E-state index contributed by atoms with van der Waals surface area (Å²) in [5.74, 6) is 2.24. The Morgan fingerprint density at radius 1 is 1.53 bits per heavy atom. The monoisotopic (exact) mass is 206 g/mol. The summed E-state index contributed by atoms with van der Waals surface area (Å²) in [5.41, 5.74) is 5.43. The predicted octanol–water partition coefficient (Wildman–Crippen LogP) is 0.169. The summed E-state index contributed by atoms with van der Waals surface area (Å²) < 4.78 is 6.66. The molecule has 78 valence electrons. The molecule has 15 heavy (non-hydrogen) atoms. The molecule has 1 fully saturated rings. The van der Waals surface area contributed by atoms with Crippen molar-refractivity contribution < 1.29 is 4.52 Å². The summed E-state index contributed by atoms with van der Waals surface area (Å²) in [6, 6.07) is 0. The van der Waals surface area contributed by atoms with Gasteiger partial charge < -0.3 is 10.3 Å². The van der Waals surface area contributed by atoms with Gasteiger partial charge in [0.25, 0.3) is 0 Å². The Morgan fingerprint density at radius 2 is 2.40 bits per heavy atom. The van der Waals surface area contributed by atoms with Crippen molar-refractivity contribution in [3.63, 3.8) is 0 Å². The van der Waals surface area contributed by atoms with E-state index in [2.05, 4.69) is 20.5 Å². The zero-order valence-electron chi connectivity index (χ0n) is 8.00. The lowest BCUT2D eigenvalue weighted by Gasteiger charge is -1.91. The third-order valence-electron chi connectivity index (χ3n) is 2.28. The highest BCUT2D eigenvalue weighted by molar-refractivity contribution is 5.20. The second-order valence-electron chi connectivity index (χ2n) is 3.66. The van der Waals surface area contributed by atoms with E-state index in [1.54, 1.807) is 10.9 Å². The fraction of sp³-hybridized carbons (Fsp3) is 0.500. The van der Waals surface area contributed by atoms with Gasteiger partial charge >= 0.3 is 0 Å². The van der Waals surface area contributed by atoms with Crippen molar-refractivity contribution in [2.45, 2.75) is 25.3 Å². The van der Waals surface area contributed by atoms with Crippen molar-refractivity contribution in [2.75, 3.05) is 5.73 Å². The third kappa shape index (κ3) is 1.67. The molecule has 1 saturated carbocycles. The van der Waals surface area contributed by atoms with Gasteiger partial charge in [-0.25, -0.2) is 4.68 Å². The van der Waals surface area contributed by atoms with Gasteiger partial charge in [-0.3, -0.25) is 0 Å². The number of aromatic nitrogens is 5. The SMILES string of the molecule is Nc1cn(Cc2nc(C3CC3)no2)nn1. The fourth-order valence-corrected chi connectivity index (χ4v) is 1.37. The lowest BCUT2D eigenvalue weighted by Crippen LogP contribution is -2.00. The maximum absolute atomic E-state index is 5.43. The zero-order chi connectivity index (χ0) is 10.3. The Labute approximate surface area is 85.3 Å². The molecule has 0 aliphatic heterocycles. The van der Waals surface area contributed by atoms with Gasteiger partial charge in [-0.15, -0.1) is 5.10 Å². The van der Waals surface area contributed by atoms with Gasteiger partial charge in [-0.05, 0) is 12.8 Å². The molecule has 7 nitrogen and oxygen atoms in total. The van der Waals surface area contributed by atoms with Crippen LogP contribution in [0.25, 0.3) is 0 Å². The quantitative estimate of drug-likeness (QED) is 0.768. The van der Waals surface area contributed by atoms with Gasteiger partial charge in [0.05, 0.1) is 6.20 Å². The summed E-state index contributed by atoms with van der Waals surface area (Å²) in [7, 11) is 0. The maximum atomic E-state index is 5.43. The summed E-state index contributed by atoms with van der Waals surface area (Å²) in [5, 5.41) is 11.4. The van der Waals surface area contributed by atoms with E-state index in [-0.39, 0.29) is 0 Å². The standard InChI is InChI=1S/C8H10N6O/c9-6-3-14(13-11-6)4-7-10-8(12-15-7)5-1-2-5/h3,5H,1-2,4,9H2. The summed E-state index contributed by atoms with van der Waals surface area (Å²) in [6.45, 7) is 0.421. The summed E-state index contributed by atoms with van der Waals surface area (Å²) in [4.78, 5) is 4.27. The Hall–Kier alpha value is -1.92. The van der Waals surface area contributed by atoms with Gasteiger partial charge in [0, 0.05) is 5.92 Å². The molecule has 0 unspecified atom stereocenters. The van der Waals surface area contributed by atoms with E-state index in [0.717, 1.165) is 18.7 Å². The van der Waals surface area contributed by atoms with Crippen LogP contribution in [-0.4, -0.2) is 25.1 Å². The van der Waals surface area contributed by atoms with Gasteiger partial charge in [0.2, 0.25) is 5.89 Å². The van der Waals surface area contributed by atoms with Crippen molar-refractivity contribution in [3.05, 3.63) is 17.9 Å². The van der Waals surface area contributed by atoms with Crippen LogP contribution in [0.5, 0.6) is 0 Å². The molecule has 1 aliphatic carbocycles. The molecule has 0 atom stereocenters. The topological polar surface area (TPSA) is 95.7 Å². The minimum atomic E-state index is 0.386. The van der Waals surface area contributed by atoms with Crippen molar-refractivity contribution in [1.82, 2.24) is 25.1 Å². The minimum absolute atomic E-state index is 0.386. The first kappa shape index (κ1) is 8.39. The average Bonchev–Trinajstić information content (AvgIpc) is 2.84. The molecule has 0 spiro atoms. The molecule has 7 heteroatoms. The Morgan fingerprint density at radius 3 is 3.07 bits per heavy atom. The van der Waals surface area contributed by atoms with E-state index in [9.17, 15) is 0 Å². The second-order valence-corrected chi connectivity index (χ2v) is 3.66. The molecule has 2 aromatic heterocycles. The van der Waals surface area contributed by atoms with E-state index in [0.29, 0.717) is 24.2 Å². The molecule has 0 aromatic carbocycles. The van der Waals surface area contributed by atoms with E-state index in [4.69, 9.17) is 10.3 Å². The first-order valence-corrected chi connectivity index (χ1v) is 4.79.